The molecule has 2 rings (SSSR count). The molecule has 1 heterocycles. The fraction of sp³-hybridized carbons (Fsp3) is 0.500. The topological polar surface area (TPSA) is 46.3 Å². The van der Waals surface area contributed by atoms with Crippen molar-refractivity contribution in [2.24, 2.45) is 11.7 Å². The molecule has 0 spiro atoms. The van der Waals surface area contributed by atoms with Crippen LogP contribution < -0.4 is 5.73 Å². The number of halogens is 2. The smallest absolute Gasteiger partial charge is 0.254 e. The standard InChI is InChI=1S/C14H18F2N2O/c1-9-3-2-6-18(13(9)8-17)14(19)10-4-5-11(15)12(16)7-10/h4-5,7,9,13H,2-3,6,8,17H2,1H3/t9-,13+/m0/s1. The summed E-state index contributed by atoms with van der Waals surface area (Å²) >= 11 is 0. The van der Waals surface area contributed by atoms with Crippen LogP contribution in [0.25, 0.3) is 0 Å². The van der Waals surface area contributed by atoms with E-state index >= 15 is 0 Å². The molecule has 0 aromatic heterocycles. The predicted octanol–water partition coefficient (Wildman–Crippen LogP) is 2.16. The van der Waals surface area contributed by atoms with Crippen LogP contribution in [0.15, 0.2) is 18.2 Å². The van der Waals surface area contributed by atoms with Crippen molar-refractivity contribution in [3.8, 4) is 0 Å². The van der Waals surface area contributed by atoms with E-state index in [1.807, 2.05) is 0 Å². The first-order valence-corrected chi connectivity index (χ1v) is 6.50. The minimum absolute atomic E-state index is 0.0330. The maximum Gasteiger partial charge on any atom is 0.254 e. The van der Waals surface area contributed by atoms with Crippen LogP contribution in [0.5, 0.6) is 0 Å². The van der Waals surface area contributed by atoms with Gasteiger partial charge in [0.25, 0.3) is 5.91 Å². The molecule has 1 aliphatic rings. The van der Waals surface area contributed by atoms with Gasteiger partial charge in [-0.05, 0) is 37.0 Å². The summed E-state index contributed by atoms with van der Waals surface area (Å²) in [6.45, 7) is 3.06. The summed E-state index contributed by atoms with van der Waals surface area (Å²) in [6.07, 6.45) is 1.94. The number of carbonyl (C=O) groups excluding carboxylic acids is 1. The molecule has 2 N–H and O–H groups in total. The zero-order chi connectivity index (χ0) is 14.0. The van der Waals surface area contributed by atoms with E-state index in [2.05, 4.69) is 6.92 Å². The average Bonchev–Trinajstić information content (AvgIpc) is 2.40. The van der Waals surface area contributed by atoms with Gasteiger partial charge in [-0.15, -0.1) is 0 Å². The minimum atomic E-state index is -1.000. The monoisotopic (exact) mass is 268 g/mol. The average molecular weight is 268 g/mol. The molecule has 0 unspecified atom stereocenters. The van der Waals surface area contributed by atoms with Crippen LogP contribution in [-0.4, -0.2) is 29.9 Å². The van der Waals surface area contributed by atoms with Gasteiger partial charge in [-0.1, -0.05) is 6.92 Å². The first-order valence-electron chi connectivity index (χ1n) is 6.50. The van der Waals surface area contributed by atoms with Gasteiger partial charge in [0, 0.05) is 24.7 Å². The molecule has 104 valence electrons. The van der Waals surface area contributed by atoms with Gasteiger partial charge in [0.1, 0.15) is 0 Å². The number of carbonyl (C=O) groups is 1. The number of nitrogens with two attached hydrogens (primary N) is 1. The third-order valence-electron chi connectivity index (χ3n) is 3.78. The highest BCUT2D eigenvalue weighted by Crippen LogP contribution is 2.24. The van der Waals surface area contributed by atoms with Gasteiger partial charge in [-0.25, -0.2) is 8.78 Å². The molecule has 1 fully saturated rings. The zero-order valence-corrected chi connectivity index (χ0v) is 10.9. The molecule has 2 atom stereocenters. The van der Waals surface area contributed by atoms with E-state index in [-0.39, 0.29) is 17.5 Å². The Morgan fingerprint density at radius 1 is 1.42 bits per heavy atom. The highest BCUT2D eigenvalue weighted by molar-refractivity contribution is 5.94. The van der Waals surface area contributed by atoms with Crippen molar-refractivity contribution < 1.29 is 13.6 Å². The molecule has 0 aliphatic carbocycles. The van der Waals surface area contributed by atoms with Crippen molar-refractivity contribution in [2.45, 2.75) is 25.8 Å². The maximum absolute atomic E-state index is 13.2. The molecule has 1 aliphatic heterocycles. The Balaban J connectivity index is 2.24. The molecular formula is C14H18F2N2O. The first kappa shape index (κ1) is 13.9. The fourth-order valence-corrected chi connectivity index (χ4v) is 2.66. The SMILES string of the molecule is C[C@H]1CCCN(C(=O)c2ccc(F)c(F)c2)[C@@H]1CN. The van der Waals surface area contributed by atoms with Crippen LogP contribution in [0.3, 0.4) is 0 Å². The fourth-order valence-electron chi connectivity index (χ4n) is 2.66. The molecule has 3 nitrogen and oxygen atoms in total. The molecule has 0 saturated carbocycles. The number of hydrogen-bond acceptors (Lipinski definition) is 2. The molecule has 1 amide bonds. The van der Waals surface area contributed by atoms with Crippen LogP contribution in [0.2, 0.25) is 0 Å². The number of piperidine rings is 1. The lowest BCUT2D eigenvalue weighted by Crippen LogP contribution is -2.51. The van der Waals surface area contributed by atoms with Crippen LogP contribution in [0, 0.1) is 17.6 Å². The summed E-state index contributed by atoms with van der Waals surface area (Å²) in [5.74, 6) is -1.90. The van der Waals surface area contributed by atoms with Crippen molar-refractivity contribution in [1.29, 1.82) is 0 Å². The highest BCUT2D eigenvalue weighted by Gasteiger charge is 2.31. The van der Waals surface area contributed by atoms with E-state index in [4.69, 9.17) is 5.73 Å². The second-order valence-corrected chi connectivity index (χ2v) is 5.05. The lowest BCUT2D eigenvalue weighted by Gasteiger charge is -2.39. The lowest BCUT2D eigenvalue weighted by molar-refractivity contribution is 0.0532. The van der Waals surface area contributed by atoms with Crippen molar-refractivity contribution in [3.63, 3.8) is 0 Å². The number of likely N-dealkylation sites (tertiary alicyclic amines) is 1. The lowest BCUT2D eigenvalue weighted by atomic mass is 9.90. The van der Waals surface area contributed by atoms with E-state index < -0.39 is 11.6 Å². The second-order valence-electron chi connectivity index (χ2n) is 5.05. The van der Waals surface area contributed by atoms with Gasteiger partial charge >= 0.3 is 0 Å². The van der Waals surface area contributed by atoms with Gasteiger partial charge < -0.3 is 10.6 Å². The van der Waals surface area contributed by atoms with Crippen molar-refractivity contribution >= 4 is 5.91 Å². The summed E-state index contributed by atoms with van der Waals surface area (Å²) in [6, 6.07) is 3.21. The summed E-state index contributed by atoms with van der Waals surface area (Å²) in [7, 11) is 0. The van der Waals surface area contributed by atoms with E-state index in [1.54, 1.807) is 4.90 Å². The summed E-state index contributed by atoms with van der Waals surface area (Å²) < 4.78 is 26.1. The molecule has 19 heavy (non-hydrogen) atoms. The van der Waals surface area contributed by atoms with E-state index in [0.717, 1.165) is 25.0 Å². The Labute approximate surface area is 111 Å². The molecule has 5 heteroatoms. The molecular weight excluding hydrogens is 250 g/mol. The Morgan fingerprint density at radius 2 is 2.16 bits per heavy atom. The third kappa shape index (κ3) is 2.76. The van der Waals surface area contributed by atoms with Gasteiger partial charge in [-0.3, -0.25) is 4.79 Å². The summed E-state index contributed by atoms with van der Waals surface area (Å²) in [5.41, 5.74) is 5.90. The number of amides is 1. The van der Waals surface area contributed by atoms with E-state index in [0.29, 0.717) is 19.0 Å². The van der Waals surface area contributed by atoms with Gasteiger partial charge in [0.2, 0.25) is 0 Å². The Morgan fingerprint density at radius 3 is 2.79 bits per heavy atom. The van der Waals surface area contributed by atoms with Crippen LogP contribution in [-0.2, 0) is 0 Å². The zero-order valence-electron chi connectivity index (χ0n) is 10.9. The van der Waals surface area contributed by atoms with Crippen LogP contribution >= 0.6 is 0 Å². The molecule has 1 aromatic carbocycles. The molecule has 1 aromatic rings. The van der Waals surface area contributed by atoms with Gasteiger partial charge in [-0.2, -0.15) is 0 Å². The third-order valence-corrected chi connectivity index (χ3v) is 3.78. The quantitative estimate of drug-likeness (QED) is 0.893. The maximum atomic E-state index is 13.2. The van der Waals surface area contributed by atoms with Crippen LogP contribution in [0.4, 0.5) is 8.78 Å². The largest absolute Gasteiger partial charge is 0.334 e. The summed E-state index contributed by atoms with van der Waals surface area (Å²) in [4.78, 5) is 14.0. The normalized spacial score (nSPS) is 23.5. The second kappa shape index (κ2) is 5.65. The molecule has 1 saturated heterocycles. The van der Waals surface area contributed by atoms with Crippen molar-refractivity contribution in [2.75, 3.05) is 13.1 Å². The highest BCUT2D eigenvalue weighted by atomic mass is 19.2. The minimum Gasteiger partial charge on any atom is -0.334 e. The number of hydrogen-bond donors (Lipinski definition) is 1. The first-order chi connectivity index (χ1) is 9.04. The number of benzene rings is 1. The predicted molar refractivity (Wildman–Crippen MR) is 68.6 cm³/mol. The van der Waals surface area contributed by atoms with Gasteiger partial charge in [0.15, 0.2) is 11.6 Å². The number of nitrogens with zero attached hydrogens (tertiary/aromatic N) is 1. The Kier molecular flexibility index (Phi) is 4.14. The van der Waals surface area contributed by atoms with Gasteiger partial charge in [0.05, 0.1) is 0 Å². The molecule has 0 radical (unpaired) electrons. The van der Waals surface area contributed by atoms with Crippen molar-refractivity contribution in [3.05, 3.63) is 35.4 Å². The Bertz CT molecular complexity index is 479. The summed E-state index contributed by atoms with van der Waals surface area (Å²) in [5, 5.41) is 0. The van der Waals surface area contributed by atoms with E-state index in [9.17, 15) is 13.6 Å². The molecule has 0 bridgehead atoms. The number of rotatable bonds is 2. The Hall–Kier alpha value is -1.49. The van der Waals surface area contributed by atoms with E-state index in [1.165, 1.54) is 6.07 Å². The van der Waals surface area contributed by atoms with Crippen molar-refractivity contribution in [1.82, 2.24) is 4.90 Å². The van der Waals surface area contributed by atoms with Crippen LogP contribution in [0.1, 0.15) is 30.1 Å².